The fourth-order valence-corrected chi connectivity index (χ4v) is 4.17. The van der Waals surface area contributed by atoms with Gasteiger partial charge < -0.3 is 10.1 Å². The lowest BCUT2D eigenvalue weighted by atomic mass is 10.1. The maximum Gasteiger partial charge on any atom is 0.266 e. The molecule has 0 saturated carbocycles. The van der Waals surface area contributed by atoms with Crippen LogP contribution in [-0.2, 0) is 11.4 Å². The molecule has 4 aromatic carbocycles. The van der Waals surface area contributed by atoms with Crippen LogP contribution in [0.3, 0.4) is 0 Å². The summed E-state index contributed by atoms with van der Waals surface area (Å²) in [5.74, 6) is -0.246. The number of hydrogen-bond donors (Lipinski definition) is 1. The molecule has 4 nitrogen and oxygen atoms in total. The van der Waals surface area contributed by atoms with Gasteiger partial charge in [-0.25, -0.2) is 0 Å². The molecule has 0 bridgehead atoms. The molecule has 168 valence electrons. The van der Waals surface area contributed by atoms with Gasteiger partial charge in [-0.15, -0.1) is 0 Å². The predicted octanol–water partition coefficient (Wildman–Crippen LogP) is 7.92. The molecule has 1 amide bonds. The maximum atomic E-state index is 12.5. The van der Waals surface area contributed by atoms with Gasteiger partial charge in [-0.2, -0.15) is 5.26 Å². The normalized spacial score (nSPS) is 11.2. The lowest BCUT2D eigenvalue weighted by molar-refractivity contribution is -0.112. The third kappa shape index (κ3) is 5.70. The Hall–Kier alpha value is -3.49. The average molecular weight is 508 g/mol. The fraction of sp³-hybridized carbons (Fsp3) is 0.0370. The number of benzene rings is 4. The Morgan fingerprint density at radius 2 is 1.65 bits per heavy atom. The van der Waals surface area contributed by atoms with Gasteiger partial charge in [-0.05, 0) is 64.4 Å². The van der Waals surface area contributed by atoms with Gasteiger partial charge in [-0.3, -0.25) is 4.79 Å². The number of nitrogens with one attached hydrogen (secondary N) is 1. The number of ether oxygens (including phenoxy) is 1. The number of nitrogens with zero attached hydrogens (tertiary/aromatic N) is 1. The molecule has 0 aliphatic carbocycles. The molecule has 0 unspecified atom stereocenters. The Morgan fingerprint density at radius 1 is 0.912 bits per heavy atom. The molecule has 0 spiro atoms. The number of fused-ring (bicyclic) bond motifs is 1. The zero-order chi connectivity index (χ0) is 24.1. The van der Waals surface area contributed by atoms with Crippen LogP contribution < -0.4 is 10.1 Å². The van der Waals surface area contributed by atoms with E-state index in [-0.39, 0.29) is 22.2 Å². The molecule has 4 rings (SSSR count). The first kappa shape index (κ1) is 23.7. The van der Waals surface area contributed by atoms with E-state index in [2.05, 4.69) is 5.32 Å². The number of hydrogen-bond acceptors (Lipinski definition) is 3. The van der Waals surface area contributed by atoms with Gasteiger partial charge in [0.25, 0.3) is 5.91 Å². The Kier molecular flexibility index (Phi) is 7.40. The van der Waals surface area contributed by atoms with Gasteiger partial charge in [-0.1, -0.05) is 77.3 Å². The predicted molar refractivity (Wildman–Crippen MR) is 138 cm³/mol. The highest BCUT2D eigenvalue weighted by molar-refractivity contribution is 6.37. The van der Waals surface area contributed by atoms with Crippen molar-refractivity contribution in [2.45, 2.75) is 6.61 Å². The second-order valence-corrected chi connectivity index (χ2v) is 8.67. The summed E-state index contributed by atoms with van der Waals surface area (Å²) in [6.45, 7) is 0.283. The number of anilines is 1. The highest BCUT2D eigenvalue weighted by Gasteiger charge is 2.13. The van der Waals surface area contributed by atoms with Crippen LogP contribution in [0, 0.1) is 11.3 Å². The Bertz CT molecular complexity index is 1430. The van der Waals surface area contributed by atoms with Gasteiger partial charge >= 0.3 is 0 Å². The zero-order valence-corrected chi connectivity index (χ0v) is 20.0. The molecule has 1 N–H and O–H groups in total. The third-order valence-corrected chi connectivity index (χ3v) is 5.77. The molecule has 0 saturated heterocycles. The summed E-state index contributed by atoms with van der Waals surface area (Å²) < 4.78 is 5.89. The van der Waals surface area contributed by atoms with Crippen LogP contribution in [0.2, 0.25) is 15.1 Å². The second kappa shape index (κ2) is 10.6. The van der Waals surface area contributed by atoms with E-state index in [1.54, 1.807) is 36.4 Å². The van der Waals surface area contributed by atoms with E-state index < -0.39 is 5.91 Å². The minimum atomic E-state index is -0.575. The van der Waals surface area contributed by atoms with Crippen molar-refractivity contribution in [1.82, 2.24) is 0 Å². The lowest BCUT2D eigenvalue weighted by Crippen LogP contribution is -2.13. The lowest BCUT2D eigenvalue weighted by Gasteiger charge is -2.12. The van der Waals surface area contributed by atoms with E-state index in [1.165, 1.54) is 6.08 Å². The summed E-state index contributed by atoms with van der Waals surface area (Å²) in [5, 5.41) is 15.4. The highest BCUT2D eigenvalue weighted by atomic mass is 35.5. The zero-order valence-electron chi connectivity index (χ0n) is 17.7. The van der Waals surface area contributed by atoms with Gasteiger partial charge in [0.05, 0.1) is 10.0 Å². The van der Waals surface area contributed by atoms with Crippen LogP contribution in [0.25, 0.3) is 16.8 Å². The second-order valence-electron chi connectivity index (χ2n) is 7.42. The summed E-state index contributed by atoms with van der Waals surface area (Å²) in [4.78, 5) is 12.5. The molecule has 4 aromatic rings. The summed E-state index contributed by atoms with van der Waals surface area (Å²) in [7, 11) is 0. The van der Waals surface area contributed by atoms with Crippen LogP contribution >= 0.6 is 34.8 Å². The van der Waals surface area contributed by atoms with Crippen LogP contribution in [0.4, 0.5) is 5.69 Å². The average Bonchev–Trinajstić information content (AvgIpc) is 2.82. The van der Waals surface area contributed by atoms with Crippen molar-refractivity contribution in [1.29, 1.82) is 5.26 Å². The van der Waals surface area contributed by atoms with E-state index >= 15 is 0 Å². The monoisotopic (exact) mass is 506 g/mol. The van der Waals surface area contributed by atoms with Crippen molar-refractivity contribution < 1.29 is 9.53 Å². The molecule has 0 radical (unpaired) electrons. The standard InChI is InChI=1S/C27H17Cl3N2O2/c28-22-6-3-7-23(14-22)32-27(33)21(15-31)11-18-12-24(29)26(25(30)13-18)34-16-17-8-9-19-4-1-2-5-20(19)10-17/h1-14H,16H2,(H,32,33)/b21-11+. The molecule has 7 heteroatoms. The summed E-state index contributed by atoms with van der Waals surface area (Å²) in [5.41, 5.74) is 1.83. The number of amides is 1. The SMILES string of the molecule is N#C/C(=C\c1cc(Cl)c(OCc2ccc3ccccc3c2)c(Cl)c1)C(=O)Nc1cccc(Cl)c1. The molecule has 0 aliphatic rings. The van der Waals surface area contributed by atoms with Crippen molar-refractivity contribution in [2.75, 3.05) is 5.32 Å². The molecular formula is C27H17Cl3N2O2. The van der Waals surface area contributed by atoms with E-state index in [9.17, 15) is 10.1 Å². The number of nitriles is 1. The number of carbonyl (C=O) groups excluding carboxylic acids is 1. The summed E-state index contributed by atoms with van der Waals surface area (Å²) >= 11 is 18.8. The van der Waals surface area contributed by atoms with Gasteiger partial charge in [0.2, 0.25) is 0 Å². The maximum absolute atomic E-state index is 12.5. The molecular weight excluding hydrogens is 491 g/mol. The minimum absolute atomic E-state index is 0.114. The van der Waals surface area contributed by atoms with Crippen LogP contribution in [0.15, 0.2) is 84.4 Å². The van der Waals surface area contributed by atoms with Crippen molar-refractivity contribution in [3.8, 4) is 11.8 Å². The van der Waals surface area contributed by atoms with E-state index in [1.807, 2.05) is 48.5 Å². The van der Waals surface area contributed by atoms with Crippen molar-refractivity contribution in [3.05, 3.63) is 111 Å². The Labute approximate surface area is 211 Å². The van der Waals surface area contributed by atoms with Crippen LogP contribution in [0.5, 0.6) is 5.75 Å². The van der Waals surface area contributed by atoms with E-state index in [0.29, 0.717) is 22.0 Å². The first-order valence-electron chi connectivity index (χ1n) is 10.2. The molecule has 0 fully saturated rings. The van der Waals surface area contributed by atoms with Gasteiger partial charge in [0.1, 0.15) is 18.2 Å². The largest absolute Gasteiger partial charge is 0.486 e. The Balaban J connectivity index is 1.50. The molecule has 0 aromatic heterocycles. The van der Waals surface area contributed by atoms with Crippen LogP contribution in [0.1, 0.15) is 11.1 Å². The fourth-order valence-electron chi connectivity index (χ4n) is 3.36. The summed E-state index contributed by atoms with van der Waals surface area (Å²) in [6.07, 6.45) is 1.41. The number of rotatable bonds is 6. The Morgan fingerprint density at radius 3 is 2.35 bits per heavy atom. The summed E-state index contributed by atoms with van der Waals surface area (Å²) in [6, 6.07) is 25.8. The van der Waals surface area contributed by atoms with E-state index in [4.69, 9.17) is 39.5 Å². The van der Waals surface area contributed by atoms with Gasteiger partial charge in [0.15, 0.2) is 5.75 Å². The van der Waals surface area contributed by atoms with Crippen LogP contribution in [-0.4, -0.2) is 5.91 Å². The number of halogens is 3. The van der Waals surface area contributed by atoms with Gasteiger partial charge in [0, 0.05) is 10.7 Å². The smallest absolute Gasteiger partial charge is 0.266 e. The minimum Gasteiger partial charge on any atom is -0.486 e. The number of carbonyl (C=O) groups is 1. The molecule has 0 heterocycles. The molecule has 0 aliphatic heterocycles. The topological polar surface area (TPSA) is 62.1 Å². The molecule has 0 atom stereocenters. The third-order valence-electron chi connectivity index (χ3n) is 4.98. The van der Waals surface area contributed by atoms with Crippen molar-refractivity contribution >= 4 is 63.2 Å². The first-order valence-corrected chi connectivity index (χ1v) is 11.3. The highest BCUT2D eigenvalue weighted by Crippen LogP contribution is 2.35. The van der Waals surface area contributed by atoms with E-state index in [0.717, 1.165) is 16.3 Å². The quantitative estimate of drug-likeness (QED) is 0.213. The van der Waals surface area contributed by atoms with Crippen molar-refractivity contribution in [3.63, 3.8) is 0 Å². The van der Waals surface area contributed by atoms with Crippen molar-refractivity contribution in [2.24, 2.45) is 0 Å². The first-order chi connectivity index (χ1) is 16.4. The molecule has 34 heavy (non-hydrogen) atoms.